The zero-order chi connectivity index (χ0) is 14.0. The van der Waals surface area contributed by atoms with Crippen molar-refractivity contribution in [2.45, 2.75) is 58.6 Å². The Bertz CT molecular complexity index is 429. The third kappa shape index (κ3) is 2.94. The summed E-state index contributed by atoms with van der Waals surface area (Å²) >= 11 is 0. The number of hydrogen-bond donors (Lipinski definition) is 1. The van der Waals surface area contributed by atoms with Crippen LogP contribution in [0.3, 0.4) is 0 Å². The molecule has 0 heterocycles. The molecule has 1 aliphatic rings. The maximum absolute atomic E-state index is 6.78. The van der Waals surface area contributed by atoms with Crippen LogP contribution in [-0.2, 0) is 5.54 Å². The minimum absolute atomic E-state index is 0.183. The smallest absolute Gasteiger partial charge is 0.124 e. The van der Waals surface area contributed by atoms with Crippen molar-refractivity contribution in [2.75, 3.05) is 0 Å². The van der Waals surface area contributed by atoms with E-state index in [0.29, 0.717) is 5.92 Å². The van der Waals surface area contributed by atoms with Crippen LogP contribution >= 0.6 is 0 Å². The van der Waals surface area contributed by atoms with Gasteiger partial charge in [-0.3, -0.25) is 0 Å². The lowest BCUT2D eigenvalue weighted by Gasteiger charge is -2.43. The van der Waals surface area contributed by atoms with Crippen LogP contribution in [0, 0.1) is 11.8 Å². The molecule has 1 aliphatic carbocycles. The van der Waals surface area contributed by atoms with Crippen molar-refractivity contribution in [1.29, 1.82) is 0 Å². The molecule has 1 aromatic carbocycles. The van der Waals surface area contributed by atoms with Gasteiger partial charge in [0, 0.05) is 11.1 Å². The molecule has 1 aromatic rings. The van der Waals surface area contributed by atoms with E-state index >= 15 is 0 Å². The van der Waals surface area contributed by atoms with E-state index in [0.717, 1.165) is 18.1 Å². The van der Waals surface area contributed by atoms with Gasteiger partial charge in [-0.2, -0.15) is 0 Å². The van der Waals surface area contributed by atoms with Gasteiger partial charge in [0.05, 0.1) is 6.10 Å². The second-order valence-electron chi connectivity index (χ2n) is 6.48. The maximum atomic E-state index is 6.78. The predicted molar refractivity (Wildman–Crippen MR) is 80.3 cm³/mol. The molecule has 19 heavy (non-hydrogen) atoms. The van der Waals surface area contributed by atoms with E-state index in [1.165, 1.54) is 18.4 Å². The van der Waals surface area contributed by atoms with Gasteiger partial charge in [-0.25, -0.2) is 0 Å². The quantitative estimate of drug-likeness (QED) is 0.889. The topological polar surface area (TPSA) is 35.2 Å². The fraction of sp³-hybridized carbons (Fsp3) is 0.647. The Balaban J connectivity index is 2.34. The molecule has 2 rings (SSSR count). The van der Waals surface area contributed by atoms with Gasteiger partial charge in [0.1, 0.15) is 5.75 Å². The summed E-state index contributed by atoms with van der Waals surface area (Å²) in [5.74, 6) is 2.24. The lowest BCUT2D eigenvalue weighted by Crippen LogP contribution is -2.46. The lowest BCUT2D eigenvalue weighted by atomic mass is 9.67. The van der Waals surface area contributed by atoms with E-state index in [-0.39, 0.29) is 11.6 Å². The molecule has 2 heteroatoms. The summed E-state index contributed by atoms with van der Waals surface area (Å²) in [7, 11) is 0. The Morgan fingerprint density at radius 2 is 1.95 bits per heavy atom. The molecule has 106 valence electrons. The van der Waals surface area contributed by atoms with Crippen molar-refractivity contribution < 1.29 is 4.74 Å². The Hall–Kier alpha value is -1.02. The molecule has 2 N–H and O–H groups in total. The van der Waals surface area contributed by atoms with Crippen LogP contribution in [0.25, 0.3) is 0 Å². The molecule has 0 amide bonds. The minimum atomic E-state index is -0.238. The van der Waals surface area contributed by atoms with Gasteiger partial charge in [0.15, 0.2) is 0 Å². The molecule has 0 spiro atoms. The summed E-state index contributed by atoms with van der Waals surface area (Å²) < 4.78 is 5.96. The predicted octanol–water partition coefficient (Wildman–Crippen LogP) is 4.08. The average molecular weight is 261 g/mol. The zero-order valence-electron chi connectivity index (χ0n) is 12.6. The van der Waals surface area contributed by atoms with E-state index in [1.807, 2.05) is 6.07 Å². The van der Waals surface area contributed by atoms with Crippen molar-refractivity contribution in [1.82, 2.24) is 0 Å². The number of hydrogen-bond acceptors (Lipinski definition) is 2. The van der Waals surface area contributed by atoms with E-state index < -0.39 is 0 Å². The van der Waals surface area contributed by atoms with E-state index in [2.05, 4.69) is 45.9 Å². The summed E-state index contributed by atoms with van der Waals surface area (Å²) in [4.78, 5) is 0. The van der Waals surface area contributed by atoms with Gasteiger partial charge in [-0.05, 0) is 51.0 Å². The number of benzene rings is 1. The van der Waals surface area contributed by atoms with E-state index in [4.69, 9.17) is 10.5 Å². The summed E-state index contributed by atoms with van der Waals surface area (Å²) in [5.41, 5.74) is 7.73. The molecule has 3 atom stereocenters. The number of para-hydroxylation sites is 1. The Morgan fingerprint density at radius 1 is 1.26 bits per heavy atom. The molecule has 0 saturated heterocycles. The molecular formula is C17H27NO. The number of rotatable bonds is 3. The van der Waals surface area contributed by atoms with E-state index in [9.17, 15) is 0 Å². The standard InChI is InChI=1S/C17H27NO/c1-12(2)19-16-8-6-5-7-15(16)17(18)10-9-13(3)11-14(17)4/h5-8,12-14H,9-11,18H2,1-4H3. The molecule has 1 saturated carbocycles. The van der Waals surface area contributed by atoms with Gasteiger partial charge >= 0.3 is 0 Å². The summed E-state index contributed by atoms with van der Waals surface area (Å²) in [6, 6.07) is 8.29. The molecule has 0 aliphatic heterocycles. The molecule has 0 aromatic heterocycles. The maximum Gasteiger partial charge on any atom is 0.124 e. The molecule has 3 unspecified atom stereocenters. The molecule has 0 radical (unpaired) electrons. The van der Waals surface area contributed by atoms with Crippen LogP contribution < -0.4 is 10.5 Å². The first-order valence-corrected chi connectivity index (χ1v) is 7.48. The molecule has 1 fully saturated rings. The van der Waals surface area contributed by atoms with Crippen LogP contribution in [-0.4, -0.2) is 6.10 Å². The highest BCUT2D eigenvalue weighted by molar-refractivity contribution is 5.40. The lowest BCUT2D eigenvalue weighted by molar-refractivity contribution is 0.154. The zero-order valence-corrected chi connectivity index (χ0v) is 12.6. The largest absolute Gasteiger partial charge is 0.491 e. The van der Waals surface area contributed by atoms with Gasteiger partial charge in [-0.1, -0.05) is 32.0 Å². The fourth-order valence-electron chi connectivity index (χ4n) is 3.27. The summed E-state index contributed by atoms with van der Waals surface area (Å²) in [6.07, 6.45) is 3.64. The second kappa shape index (κ2) is 5.54. The SMILES string of the molecule is CC1CCC(N)(c2ccccc2OC(C)C)C(C)C1. The van der Waals surface area contributed by atoms with Crippen molar-refractivity contribution in [3.63, 3.8) is 0 Å². The van der Waals surface area contributed by atoms with Crippen LogP contribution in [0.2, 0.25) is 0 Å². The van der Waals surface area contributed by atoms with Crippen LogP contribution in [0.4, 0.5) is 0 Å². The van der Waals surface area contributed by atoms with Gasteiger partial charge in [0.2, 0.25) is 0 Å². The van der Waals surface area contributed by atoms with Crippen LogP contribution in [0.5, 0.6) is 5.75 Å². The third-order valence-corrected chi connectivity index (χ3v) is 4.44. The number of ether oxygens (including phenoxy) is 1. The second-order valence-corrected chi connectivity index (χ2v) is 6.48. The first-order chi connectivity index (χ1) is 8.93. The van der Waals surface area contributed by atoms with Gasteiger partial charge in [0.25, 0.3) is 0 Å². The highest BCUT2D eigenvalue weighted by Gasteiger charge is 2.39. The minimum Gasteiger partial charge on any atom is -0.491 e. The average Bonchev–Trinajstić information content (AvgIpc) is 2.34. The third-order valence-electron chi connectivity index (χ3n) is 4.44. The monoisotopic (exact) mass is 261 g/mol. The van der Waals surface area contributed by atoms with Gasteiger partial charge in [-0.15, -0.1) is 0 Å². The highest BCUT2D eigenvalue weighted by Crippen LogP contribution is 2.44. The van der Waals surface area contributed by atoms with Crippen molar-refractivity contribution >= 4 is 0 Å². The van der Waals surface area contributed by atoms with Crippen molar-refractivity contribution in [3.8, 4) is 5.75 Å². The molecular weight excluding hydrogens is 234 g/mol. The highest BCUT2D eigenvalue weighted by atomic mass is 16.5. The Labute approximate surface area is 117 Å². The molecule has 2 nitrogen and oxygen atoms in total. The summed E-state index contributed by atoms with van der Waals surface area (Å²) in [5, 5.41) is 0. The van der Waals surface area contributed by atoms with Crippen LogP contribution in [0.15, 0.2) is 24.3 Å². The summed E-state index contributed by atoms with van der Waals surface area (Å²) in [6.45, 7) is 8.73. The van der Waals surface area contributed by atoms with Gasteiger partial charge < -0.3 is 10.5 Å². The number of nitrogens with two attached hydrogens (primary N) is 1. The van der Waals surface area contributed by atoms with Crippen LogP contribution in [0.1, 0.15) is 52.5 Å². The van der Waals surface area contributed by atoms with Crippen molar-refractivity contribution in [2.24, 2.45) is 17.6 Å². The molecule has 0 bridgehead atoms. The first-order valence-electron chi connectivity index (χ1n) is 7.48. The van der Waals surface area contributed by atoms with E-state index in [1.54, 1.807) is 0 Å². The normalized spacial score (nSPS) is 31.5. The van der Waals surface area contributed by atoms with Crippen molar-refractivity contribution in [3.05, 3.63) is 29.8 Å². The Kier molecular flexibility index (Phi) is 4.19. The fourth-order valence-corrected chi connectivity index (χ4v) is 3.27. The first kappa shape index (κ1) is 14.4. The Morgan fingerprint density at radius 3 is 2.58 bits per heavy atom.